The zero-order valence-electron chi connectivity index (χ0n) is 12.3. The number of aliphatic hydroxyl groups is 1. The Hall–Kier alpha value is -1.79. The summed E-state index contributed by atoms with van der Waals surface area (Å²) < 4.78 is 6.01. The van der Waals surface area contributed by atoms with Gasteiger partial charge in [-0.15, -0.1) is 5.10 Å². The van der Waals surface area contributed by atoms with Crippen molar-refractivity contribution in [1.29, 1.82) is 0 Å². The van der Waals surface area contributed by atoms with Crippen LogP contribution in [0.3, 0.4) is 0 Å². The molecule has 5 nitrogen and oxygen atoms in total. The first kappa shape index (κ1) is 14.2. The Labute approximate surface area is 127 Å². The summed E-state index contributed by atoms with van der Waals surface area (Å²) in [4.78, 5) is 5.45. The van der Waals surface area contributed by atoms with Crippen LogP contribution in [-0.2, 0) is 13.5 Å². The highest BCUT2D eigenvalue weighted by molar-refractivity contribution is 7.05. The van der Waals surface area contributed by atoms with E-state index in [1.165, 1.54) is 11.5 Å². The summed E-state index contributed by atoms with van der Waals surface area (Å²) in [6.07, 6.45) is -0.146. The molecule has 1 aromatic carbocycles. The number of para-hydroxylation sites is 2. The predicted molar refractivity (Wildman–Crippen MR) is 83.4 cm³/mol. The van der Waals surface area contributed by atoms with Crippen molar-refractivity contribution in [3.63, 3.8) is 0 Å². The molecule has 110 valence electrons. The van der Waals surface area contributed by atoms with Gasteiger partial charge in [0, 0.05) is 13.5 Å². The fraction of sp³-hybridized carbons (Fsp3) is 0.400. The number of aryl methyl sites for hydroxylation is 1. The molecule has 21 heavy (non-hydrogen) atoms. The van der Waals surface area contributed by atoms with Crippen molar-refractivity contribution in [3.05, 3.63) is 40.7 Å². The molecule has 0 saturated heterocycles. The third-order valence-corrected chi connectivity index (χ3v) is 4.49. The Morgan fingerprint density at radius 2 is 2.05 bits per heavy atom. The van der Waals surface area contributed by atoms with Crippen molar-refractivity contribution in [1.82, 2.24) is 19.1 Å². The summed E-state index contributed by atoms with van der Waals surface area (Å²) in [6, 6.07) is 7.98. The molecule has 2 aromatic heterocycles. The van der Waals surface area contributed by atoms with Crippen LogP contribution in [0, 0.1) is 0 Å². The first-order valence-electron chi connectivity index (χ1n) is 6.98. The Kier molecular flexibility index (Phi) is 3.73. The lowest BCUT2D eigenvalue weighted by Crippen LogP contribution is -2.08. The highest BCUT2D eigenvalue weighted by Gasteiger charge is 2.21. The van der Waals surface area contributed by atoms with Crippen molar-refractivity contribution < 1.29 is 5.11 Å². The highest BCUT2D eigenvalue weighted by Crippen LogP contribution is 2.28. The van der Waals surface area contributed by atoms with Crippen molar-refractivity contribution in [3.8, 4) is 0 Å². The Morgan fingerprint density at radius 3 is 2.76 bits per heavy atom. The lowest BCUT2D eigenvalue weighted by molar-refractivity contribution is 0.177. The van der Waals surface area contributed by atoms with Gasteiger partial charge in [0.1, 0.15) is 5.82 Å². The minimum atomic E-state index is -0.613. The maximum atomic E-state index is 10.5. The Bertz CT molecular complexity index is 762. The number of benzene rings is 1. The summed E-state index contributed by atoms with van der Waals surface area (Å²) in [6.45, 7) is 4.12. The van der Waals surface area contributed by atoms with E-state index in [0.29, 0.717) is 6.42 Å². The van der Waals surface area contributed by atoms with E-state index in [4.69, 9.17) is 0 Å². The molecule has 0 bridgehead atoms. The van der Waals surface area contributed by atoms with Gasteiger partial charge in [-0.1, -0.05) is 30.5 Å². The molecular weight excluding hydrogens is 284 g/mol. The van der Waals surface area contributed by atoms with Gasteiger partial charge in [-0.25, -0.2) is 4.98 Å². The van der Waals surface area contributed by atoms with Crippen molar-refractivity contribution in [2.75, 3.05) is 0 Å². The number of imidazole rings is 1. The lowest BCUT2D eigenvalue weighted by Gasteiger charge is -2.11. The van der Waals surface area contributed by atoms with E-state index >= 15 is 0 Å². The van der Waals surface area contributed by atoms with Crippen molar-refractivity contribution in [2.45, 2.75) is 32.3 Å². The van der Waals surface area contributed by atoms with Gasteiger partial charge in [0.15, 0.2) is 0 Å². The SMILES string of the molecule is CC(C)c1nnsc1C(O)Cc1nc2ccccc2n1C. The molecule has 1 atom stereocenters. The normalized spacial score (nSPS) is 13.2. The van der Waals surface area contributed by atoms with E-state index in [-0.39, 0.29) is 5.92 Å². The molecular formula is C15H18N4OS. The molecule has 0 fully saturated rings. The third kappa shape index (κ3) is 2.56. The molecule has 1 N–H and O–H groups in total. The van der Waals surface area contributed by atoms with Crippen LogP contribution in [0.15, 0.2) is 24.3 Å². The van der Waals surface area contributed by atoms with E-state index in [1.807, 2.05) is 35.9 Å². The second-order valence-corrected chi connectivity index (χ2v) is 6.26. The number of aromatic nitrogens is 4. The maximum Gasteiger partial charge on any atom is 0.112 e. The predicted octanol–water partition coefficient (Wildman–Crippen LogP) is 2.82. The minimum absolute atomic E-state index is 0.258. The largest absolute Gasteiger partial charge is 0.387 e. The summed E-state index contributed by atoms with van der Waals surface area (Å²) in [5, 5.41) is 14.6. The van der Waals surface area contributed by atoms with E-state index in [1.54, 1.807) is 0 Å². The van der Waals surface area contributed by atoms with Crippen LogP contribution >= 0.6 is 11.5 Å². The molecule has 0 spiro atoms. The Morgan fingerprint density at radius 1 is 1.29 bits per heavy atom. The van der Waals surface area contributed by atoms with Crippen molar-refractivity contribution >= 4 is 22.6 Å². The third-order valence-electron chi connectivity index (χ3n) is 3.65. The lowest BCUT2D eigenvalue weighted by atomic mass is 10.1. The van der Waals surface area contributed by atoms with Crippen LogP contribution in [0.25, 0.3) is 11.0 Å². The van der Waals surface area contributed by atoms with E-state index in [0.717, 1.165) is 27.4 Å². The zero-order chi connectivity index (χ0) is 15.0. The average Bonchev–Trinajstić information content (AvgIpc) is 3.05. The molecule has 0 amide bonds. The summed E-state index contributed by atoms with van der Waals surface area (Å²) in [7, 11) is 1.98. The molecule has 0 saturated carbocycles. The van der Waals surface area contributed by atoms with Gasteiger partial charge in [-0.05, 0) is 29.6 Å². The number of aliphatic hydroxyl groups excluding tert-OH is 1. The second kappa shape index (κ2) is 5.54. The van der Waals surface area contributed by atoms with E-state index in [9.17, 15) is 5.11 Å². The first-order chi connectivity index (χ1) is 10.1. The number of rotatable bonds is 4. The minimum Gasteiger partial charge on any atom is -0.387 e. The smallest absolute Gasteiger partial charge is 0.112 e. The number of fused-ring (bicyclic) bond motifs is 1. The van der Waals surface area contributed by atoms with Crippen LogP contribution < -0.4 is 0 Å². The molecule has 3 aromatic rings. The molecule has 1 unspecified atom stereocenters. The van der Waals surface area contributed by atoms with E-state index in [2.05, 4.69) is 28.4 Å². The highest BCUT2D eigenvalue weighted by atomic mass is 32.1. The van der Waals surface area contributed by atoms with Crippen LogP contribution in [-0.4, -0.2) is 24.2 Å². The summed E-state index contributed by atoms with van der Waals surface area (Å²) >= 11 is 1.27. The molecule has 2 heterocycles. The number of nitrogens with zero attached hydrogens (tertiary/aromatic N) is 4. The molecule has 0 radical (unpaired) electrons. The quantitative estimate of drug-likeness (QED) is 0.805. The van der Waals surface area contributed by atoms with E-state index < -0.39 is 6.10 Å². The van der Waals surface area contributed by atoms with Crippen LogP contribution in [0.1, 0.15) is 42.3 Å². The topological polar surface area (TPSA) is 63.8 Å². The summed E-state index contributed by atoms with van der Waals surface area (Å²) in [5.74, 6) is 1.13. The average molecular weight is 302 g/mol. The van der Waals surface area contributed by atoms with Gasteiger partial charge in [0.05, 0.1) is 27.7 Å². The van der Waals surface area contributed by atoms with Gasteiger partial charge in [-0.3, -0.25) is 0 Å². The molecule has 0 aliphatic rings. The van der Waals surface area contributed by atoms with Crippen LogP contribution in [0.4, 0.5) is 0 Å². The number of hydrogen-bond donors (Lipinski definition) is 1. The molecule has 0 aliphatic heterocycles. The zero-order valence-corrected chi connectivity index (χ0v) is 13.1. The second-order valence-electron chi connectivity index (χ2n) is 5.47. The fourth-order valence-electron chi connectivity index (χ4n) is 2.48. The monoisotopic (exact) mass is 302 g/mol. The molecule has 6 heteroatoms. The standard InChI is InChI=1S/C15H18N4OS/c1-9(2)14-15(21-18-17-14)12(20)8-13-16-10-6-4-5-7-11(10)19(13)3/h4-7,9,12,20H,8H2,1-3H3. The van der Waals surface area contributed by atoms with Crippen molar-refractivity contribution in [2.24, 2.45) is 7.05 Å². The fourth-order valence-corrected chi connectivity index (χ4v) is 3.27. The molecule has 3 rings (SSSR count). The number of hydrogen-bond acceptors (Lipinski definition) is 5. The van der Waals surface area contributed by atoms with Gasteiger partial charge in [-0.2, -0.15) is 0 Å². The van der Waals surface area contributed by atoms with Gasteiger partial charge >= 0.3 is 0 Å². The summed E-state index contributed by atoms with van der Waals surface area (Å²) in [5.41, 5.74) is 2.91. The first-order valence-corrected chi connectivity index (χ1v) is 7.75. The Balaban J connectivity index is 1.91. The maximum absolute atomic E-state index is 10.5. The van der Waals surface area contributed by atoms with Crippen LogP contribution in [0.5, 0.6) is 0 Å². The van der Waals surface area contributed by atoms with Gasteiger partial charge in [0.25, 0.3) is 0 Å². The van der Waals surface area contributed by atoms with Crippen LogP contribution in [0.2, 0.25) is 0 Å². The molecule has 0 aliphatic carbocycles. The van der Waals surface area contributed by atoms with Gasteiger partial charge < -0.3 is 9.67 Å². The van der Waals surface area contributed by atoms with Gasteiger partial charge in [0.2, 0.25) is 0 Å².